The van der Waals surface area contributed by atoms with Crippen LogP contribution in [0, 0.1) is 13.8 Å². The summed E-state index contributed by atoms with van der Waals surface area (Å²) in [5.74, 6) is 0.343. The van der Waals surface area contributed by atoms with Crippen molar-refractivity contribution >= 4 is 11.6 Å². The van der Waals surface area contributed by atoms with Gasteiger partial charge in [-0.25, -0.2) is 0 Å². The quantitative estimate of drug-likeness (QED) is 0.838. The lowest BCUT2D eigenvalue weighted by Gasteiger charge is -2.12. The Hall–Kier alpha value is -2.49. The first-order chi connectivity index (χ1) is 9.47. The van der Waals surface area contributed by atoms with Crippen molar-refractivity contribution < 1.29 is 9.53 Å². The first kappa shape index (κ1) is 13.9. The van der Waals surface area contributed by atoms with Crippen LogP contribution in [0.2, 0.25) is 0 Å². The van der Waals surface area contributed by atoms with E-state index in [0.717, 1.165) is 22.4 Å². The molecule has 1 amide bonds. The van der Waals surface area contributed by atoms with E-state index in [0.29, 0.717) is 17.9 Å². The fourth-order valence-corrected chi connectivity index (χ4v) is 1.94. The molecule has 0 aliphatic rings. The highest BCUT2D eigenvalue weighted by Crippen LogP contribution is 2.22. The van der Waals surface area contributed by atoms with Gasteiger partial charge in [-0.05, 0) is 48.7 Å². The topological polar surface area (TPSA) is 78.3 Å². The van der Waals surface area contributed by atoms with Gasteiger partial charge in [0.15, 0.2) is 0 Å². The number of benzene rings is 2. The van der Waals surface area contributed by atoms with Gasteiger partial charge in [-0.15, -0.1) is 0 Å². The summed E-state index contributed by atoms with van der Waals surface area (Å²) in [5.41, 5.74) is 15.2. The van der Waals surface area contributed by atoms with Crippen LogP contribution in [0.4, 0.5) is 5.69 Å². The van der Waals surface area contributed by atoms with Crippen LogP contribution in [0.25, 0.3) is 0 Å². The molecule has 104 valence electrons. The van der Waals surface area contributed by atoms with Crippen LogP contribution in [-0.2, 0) is 6.61 Å². The monoisotopic (exact) mass is 270 g/mol. The summed E-state index contributed by atoms with van der Waals surface area (Å²) in [6, 6.07) is 10.9. The SMILES string of the molecule is Cc1cc(C(N)=O)ccc1COc1cc(N)ccc1C. The second-order valence-corrected chi connectivity index (χ2v) is 4.82. The lowest BCUT2D eigenvalue weighted by atomic mass is 10.1. The number of primary amides is 1. The van der Waals surface area contributed by atoms with E-state index in [2.05, 4.69) is 0 Å². The summed E-state index contributed by atoms with van der Waals surface area (Å²) in [6.45, 7) is 4.32. The molecule has 4 heteroatoms. The molecule has 0 atom stereocenters. The Balaban J connectivity index is 2.15. The van der Waals surface area contributed by atoms with Gasteiger partial charge in [-0.2, -0.15) is 0 Å². The fourth-order valence-electron chi connectivity index (χ4n) is 1.94. The van der Waals surface area contributed by atoms with Gasteiger partial charge in [-0.1, -0.05) is 12.1 Å². The van der Waals surface area contributed by atoms with Gasteiger partial charge in [0.05, 0.1) is 0 Å². The Bertz CT molecular complexity index is 651. The van der Waals surface area contributed by atoms with Crippen molar-refractivity contribution in [3.63, 3.8) is 0 Å². The van der Waals surface area contributed by atoms with Crippen LogP contribution in [0.5, 0.6) is 5.75 Å². The maximum absolute atomic E-state index is 11.1. The summed E-state index contributed by atoms with van der Waals surface area (Å²) >= 11 is 0. The van der Waals surface area contributed by atoms with E-state index in [1.54, 1.807) is 12.1 Å². The zero-order valence-corrected chi connectivity index (χ0v) is 11.6. The van der Waals surface area contributed by atoms with E-state index >= 15 is 0 Å². The maximum Gasteiger partial charge on any atom is 0.248 e. The van der Waals surface area contributed by atoms with Crippen molar-refractivity contribution in [2.45, 2.75) is 20.5 Å². The van der Waals surface area contributed by atoms with E-state index < -0.39 is 5.91 Å². The number of hydrogen-bond donors (Lipinski definition) is 2. The highest BCUT2D eigenvalue weighted by atomic mass is 16.5. The third kappa shape index (κ3) is 3.09. The minimum atomic E-state index is -0.424. The van der Waals surface area contributed by atoms with Crippen LogP contribution < -0.4 is 16.2 Å². The minimum Gasteiger partial charge on any atom is -0.489 e. The largest absolute Gasteiger partial charge is 0.489 e. The number of carbonyl (C=O) groups is 1. The number of anilines is 1. The number of nitrogen functional groups attached to an aromatic ring is 1. The van der Waals surface area contributed by atoms with Gasteiger partial charge in [0.2, 0.25) is 5.91 Å². The molecule has 0 unspecified atom stereocenters. The van der Waals surface area contributed by atoms with Crippen molar-refractivity contribution in [1.29, 1.82) is 0 Å². The average Bonchev–Trinajstić information content (AvgIpc) is 2.40. The average molecular weight is 270 g/mol. The Kier molecular flexibility index (Phi) is 3.94. The molecule has 0 radical (unpaired) electrons. The van der Waals surface area contributed by atoms with Gasteiger partial charge < -0.3 is 16.2 Å². The minimum absolute atomic E-state index is 0.424. The number of ether oxygens (including phenoxy) is 1. The van der Waals surface area contributed by atoms with Crippen molar-refractivity contribution in [1.82, 2.24) is 0 Å². The highest BCUT2D eigenvalue weighted by Gasteiger charge is 2.06. The summed E-state index contributed by atoms with van der Waals surface area (Å²) in [7, 11) is 0. The van der Waals surface area contributed by atoms with E-state index in [1.807, 2.05) is 38.1 Å². The number of rotatable bonds is 4. The smallest absolute Gasteiger partial charge is 0.248 e. The van der Waals surface area contributed by atoms with Crippen molar-refractivity contribution in [2.24, 2.45) is 5.73 Å². The first-order valence-corrected chi connectivity index (χ1v) is 6.35. The number of hydrogen-bond acceptors (Lipinski definition) is 3. The maximum atomic E-state index is 11.1. The zero-order chi connectivity index (χ0) is 14.7. The molecule has 0 fully saturated rings. The summed E-state index contributed by atoms with van der Waals surface area (Å²) in [4.78, 5) is 11.1. The van der Waals surface area contributed by atoms with Gasteiger partial charge in [0, 0.05) is 17.3 Å². The van der Waals surface area contributed by atoms with Gasteiger partial charge >= 0.3 is 0 Å². The summed E-state index contributed by atoms with van der Waals surface area (Å²) < 4.78 is 5.79. The van der Waals surface area contributed by atoms with Gasteiger partial charge in [-0.3, -0.25) is 4.79 Å². The van der Waals surface area contributed by atoms with E-state index in [9.17, 15) is 4.79 Å². The molecule has 0 saturated carbocycles. The molecule has 0 spiro atoms. The lowest BCUT2D eigenvalue weighted by molar-refractivity contribution is 0.1000. The molecule has 0 bridgehead atoms. The fraction of sp³-hybridized carbons (Fsp3) is 0.188. The molecule has 0 aliphatic carbocycles. The number of nitrogens with two attached hydrogens (primary N) is 2. The standard InChI is InChI=1S/C16H18N2O2/c1-10-3-6-14(17)8-15(10)20-9-13-5-4-12(16(18)19)7-11(13)2/h3-8H,9,17H2,1-2H3,(H2,18,19). The Morgan fingerprint density at radius 2 is 1.85 bits per heavy atom. The van der Waals surface area contributed by atoms with E-state index in [-0.39, 0.29) is 0 Å². The molecular weight excluding hydrogens is 252 g/mol. The van der Waals surface area contributed by atoms with E-state index in [4.69, 9.17) is 16.2 Å². The molecule has 4 nitrogen and oxygen atoms in total. The van der Waals surface area contributed by atoms with Gasteiger partial charge in [0.1, 0.15) is 12.4 Å². The molecular formula is C16H18N2O2. The Labute approximate surface area is 118 Å². The molecule has 20 heavy (non-hydrogen) atoms. The molecule has 2 aromatic rings. The van der Waals surface area contributed by atoms with Crippen LogP contribution in [0.3, 0.4) is 0 Å². The zero-order valence-electron chi connectivity index (χ0n) is 11.6. The second kappa shape index (κ2) is 5.65. The van der Waals surface area contributed by atoms with Crippen LogP contribution >= 0.6 is 0 Å². The lowest BCUT2D eigenvalue weighted by Crippen LogP contribution is -2.11. The molecule has 0 saturated heterocycles. The number of carbonyl (C=O) groups excluding carboxylic acids is 1. The molecule has 0 heterocycles. The number of aryl methyl sites for hydroxylation is 2. The van der Waals surface area contributed by atoms with Crippen molar-refractivity contribution in [2.75, 3.05) is 5.73 Å². The van der Waals surface area contributed by atoms with Crippen LogP contribution in [0.1, 0.15) is 27.0 Å². The molecule has 0 aromatic heterocycles. The first-order valence-electron chi connectivity index (χ1n) is 6.35. The highest BCUT2D eigenvalue weighted by molar-refractivity contribution is 5.93. The normalized spacial score (nSPS) is 10.3. The third-order valence-electron chi connectivity index (χ3n) is 3.22. The molecule has 4 N–H and O–H groups in total. The number of amides is 1. The predicted octanol–water partition coefficient (Wildman–Crippen LogP) is 2.56. The predicted molar refractivity (Wildman–Crippen MR) is 79.6 cm³/mol. The molecule has 0 aliphatic heterocycles. The van der Waals surface area contributed by atoms with Crippen molar-refractivity contribution in [3.8, 4) is 5.75 Å². The van der Waals surface area contributed by atoms with Crippen LogP contribution in [-0.4, -0.2) is 5.91 Å². The van der Waals surface area contributed by atoms with Crippen LogP contribution in [0.15, 0.2) is 36.4 Å². The van der Waals surface area contributed by atoms with Gasteiger partial charge in [0.25, 0.3) is 0 Å². The molecule has 2 rings (SSSR count). The molecule has 2 aromatic carbocycles. The summed E-state index contributed by atoms with van der Waals surface area (Å²) in [6.07, 6.45) is 0. The second-order valence-electron chi connectivity index (χ2n) is 4.82. The summed E-state index contributed by atoms with van der Waals surface area (Å²) in [5, 5.41) is 0. The Morgan fingerprint density at radius 1 is 1.10 bits per heavy atom. The third-order valence-corrected chi connectivity index (χ3v) is 3.22. The Morgan fingerprint density at radius 3 is 2.50 bits per heavy atom. The van der Waals surface area contributed by atoms with E-state index in [1.165, 1.54) is 0 Å². The van der Waals surface area contributed by atoms with Crippen molar-refractivity contribution in [3.05, 3.63) is 58.7 Å².